The second-order valence-corrected chi connectivity index (χ2v) is 8.37. The molecule has 0 aromatic heterocycles. The third-order valence-corrected chi connectivity index (χ3v) is 6.25. The van der Waals surface area contributed by atoms with Crippen LogP contribution in [-0.2, 0) is 20.8 Å². The lowest BCUT2D eigenvalue weighted by Gasteiger charge is -2.35. The maximum absolute atomic E-state index is 13.4. The van der Waals surface area contributed by atoms with Gasteiger partial charge in [0.25, 0.3) is 5.91 Å². The minimum Gasteiger partial charge on any atom is -0.327 e. The summed E-state index contributed by atoms with van der Waals surface area (Å²) in [6.45, 7) is 0. The van der Waals surface area contributed by atoms with Gasteiger partial charge in [-0.3, -0.25) is 14.4 Å². The third-order valence-electron chi connectivity index (χ3n) is 6.25. The Labute approximate surface area is 181 Å². The van der Waals surface area contributed by atoms with Crippen LogP contribution >= 0.6 is 0 Å². The molecule has 1 heterocycles. The molecule has 5 nitrogen and oxygen atoms in total. The number of carbonyl (C=O) groups is 3. The van der Waals surface area contributed by atoms with Crippen LogP contribution in [0, 0.1) is 5.82 Å². The summed E-state index contributed by atoms with van der Waals surface area (Å²) in [5.74, 6) is -1.31. The van der Waals surface area contributed by atoms with Gasteiger partial charge in [-0.25, -0.2) is 9.29 Å². The van der Waals surface area contributed by atoms with Crippen LogP contribution in [0.15, 0.2) is 54.6 Å². The molecule has 1 saturated heterocycles. The van der Waals surface area contributed by atoms with Gasteiger partial charge in [0.05, 0.1) is 18.5 Å². The summed E-state index contributed by atoms with van der Waals surface area (Å²) in [7, 11) is 0. The van der Waals surface area contributed by atoms with Gasteiger partial charge in [0.1, 0.15) is 11.9 Å². The minimum absolute atomic E-state index is 0.0345. The van der Waals surface area contributed by atoms with E-state index in [9.17, 15) is 18.8 Å². The summed E-state index contributed by atoms with van der Waals surface area (Å²) in [5, 5.41) is 0. The van der Waals surface area contributed by atoms with Crippen LogP contribution in [0.1, 0.15) is 50.5 Å². The van der Waals surface area contributed by atoms with Crippen molar-refractivity contribution in [1.29, 1.82) is 0 Å². The van der Waals surface area contributed by atoms with Gasteiger partial charge in [0.15, 0.2) is 0 Å². The van der Waals surface area contributed by atoms with E-state index in [-0.39, 0.29) is 30.7 Å². The Hall–Kier alpha value is -3.02. The van der Waals surface area contributed by atoms with Gasteiger partial charge < -0.3 is 4.90 Å². The molecule has 0 bridgehead atoms. The predicted octanol–water partition coefficient (Wildman–Crippen LogP) is 4.25. The fraction of sp³-hybridized carbons (Fsp3) is 0.400. The van der Waals surface area contributed by atoms with Gasteiger partial charge in [0.2, 0.25) is 11.8 Å². The molecule has 0 spiro atoms. The molecular formula is C25H27FN2O3. The fourth-order valence-corrected chi connectivity index (χ4v) is 4.72. The molecule has 4 rings (SSSR count). The number of rotatable bonds is 5. The maximum Gasteiger partial charge on any atom is 0.257 e. The summed E-state index contributed by atoms with van der Waals surface area (Å²) in [5.41, 5.74) is 1.23. The van der Waals surface area contributed by atoms with Crippen LogP contribution in [0.3, 0.4) is 0 Å². The Morgan fingerprint density at radius 3 is 2.23 bits per heavy atom. The molecule has 162 valence electrons. The minimum atomic E-state index is -0.808. The average molecular weight is 423 g/mol. The number of nitrogens with zero attached hydrogens (tertiary/aromatic N) is 2. The highest BCUT2D eigenvalue weighted by Gasteiger charge is 2.46. The first kappa shape index (κ1) is 21.2. The van der Waals surface area contributed by atoms with Crippen molar-refractivity contribution < 1.29 is 18.8 Å². The highest BCUT2D eigenvalue weighted by Crippen LogP contribution is 2.31. The fourth-order valence-electron chi connectivity index (χ4n) is 4.72. The lowest BCUT2D eigenvalue weighted by Crippen LogP contribution is -2.51. The second kappa shape index (κ2) is 9.41. The molecule has 1 aliphatic carbocycles. The van der Waals surface area contributed by atoms with E-state index < -0.39 is 17.8 Å². The van der Waals surface area contributed by atoms with Crippen molar-refractivity contribution in [3.8, 4) is 0 Å². The van der Waals surface area contributed by atoms with E-state index in [1.807, 2.05) is 30.3 Å². The van der Waals surface area contributed by atoms with Gasteiger partial charge in [-0.2, -0.15) is 0 Å². The summed E-state index contributed by atoms with van der Waals surface area (Å²) >= 11 is 0. The van der Waals surface area contributed by atoms with Gasteiger partial charge in [-0.15, -0.1) is 0 Å². The van der Waals surface area contributed by atoms with E-state index in [0.29, 0.717) is 5.69 Å². The van der Waals surface area contributed by atoms with Crippen LogP contribution in [0.25, 0.3) is 0 Å². The van der Waals surface area contributed by atoms with Crippen molar-refractivity contribution in [2.24, 2.45) is 0 Å². The maximum atomic E-state index is 13.4. The van der Waals surface area contributed by atoms with Gasteiger partial charge in [-0.05, 0) is 42.7 Å². The molecule has 2 aliphatic rings. The first-order chi connectivity index (χ1) is 15.0. The molecule has 2 aromatic carbocycles. The van der Waals surface area contributed by atoms with Crippen molar-refractivity contribution in [3.63, 3.8) is 0 Å². The quantitative estimate of drug-likeness (QED) is 0.535. The Bertz CT molecular complexity index is 937. The Balaban J connectivity index is 1.62. The molecule has 1 aliphatic heterocycles. The number of benzene rings is 2. The summed E-state index contributed by atoms with van der Waals surface area (Å²) in [4.78, 5) is 42.4. The summed E-state index contributed by atoms with van der Waals surface area (Å²) < 4.78 is 13.3. The number of anilines is 1. The van der Waals surface area contributed by atoms with Crippen LogP contribution in [-0.4, -0.2) is 34.7 Å². The zero-order valence-electron chi connectivity index (χ0n) is 17.5. The van der Waals surface area contributed by atoms with E-state index in [0.717, 1.165) is 49.0 Å². The normalized spacial score (nSPS) is 20.0. The number of imide groups is 1. The van der Waals surface area contributed by atoms with Gasteiger partial charge in [-0.1, -0.05) is 56.0 Å². The molecule has 3 amide bonds. The van der Waals surface area contributed by atoms with E-state index >= 15 is 0 Å². The molecule has 0 N–H and O–H groups in total. The predicted molar refractivity (Wildman–Crippen MR) is 116 cm³/mol. The van der Waals surface area contributed by atoms with E-state index in [1.54, 1.807) is 4.90 Å². The molecule has 2 fully saturated rings. The molecular weight excluding hydrogens is 395 g/mol. The summed E-state index contributed by atoms with van der Waals surface area (Å²) in [6.07, 6.45) is 6.11. The Morgan fingerprint density at radius 1 is 0.935 bits per heavy atom. The zero-order chi connectivity index (χ0) is 21.8. The van der Waals surface area contributed by atoms with Gasteiger partial charge >= 0.3 is 0 Å². The SMILES string of the molecule is O=C1CC(N(C(=O)Cc2ccccc2)C2CCCCCC2)C(=O)N1c1ccc(F)cc1. The van der Waals surface area contributed by atoms with Gasteiger partial charge in [0, 0.05) is 6.04 Å². The number of carbonyl (C=O) groups excluding carboxylic acids is 3. The Kier molecular flexibility index (Phi) is 6.44. The standard InChI is InChI=1S/C25H27FN2O3/c26-19-12-14-21(15-13-19)28-24(30)17-22(25(28)31)27(20-10-6-1-2-7-11-20)23(29)16-18-8-4-3-5-9-18/h3-5,8-9,12-15,20,22H,1-2,6-7,10-11,16-17H2. The number of hydrogen-bond acceptors (Lipinski definition) is 3. The zero-order valence-corrected chi connectivity index (χ0v) is 17.5. The first-order valence-electron chi connectivity index (χ1n) is 11.0. The highest BCUT2D eigenvalue weighted by molar-refractivity contribution is 6.23. The van der Waals surface area contributed by atoms with Crippen molar-refractivity contribution in [2.45, 2.75) is 63.5 Å². The number of amides is 3. The molecule has 0 radical (unpaired) electrons. The molecule has 1 saturated carbocycles. The monoisotopic (exact) mass is 422 g/mol. The molecule has 1 atom stereocenters. The van der Waals surface area contributed by atoms with Crippen molar-refractivity contribution in [1.82, 2.24) is 4.90 Å². The van der Waals surface area contributed by atoms with E-state index in [4.69, 9.17) is 0 Å². The number of halogens is 1. The largest absolute Gasteiger partial charge is 0.327 e. The van der Waals surface area contributed by atoms with E-state index in [2.05, 4.69) is 0 Å². The topological polar surface area (TPSA) is 57.7 Å². The number of hydrogen-bond donors (Lipinski definition) is 0. The van der Waals surface area contributed by atoms with E-state index in [1.165, 1.54) is 24.3 Å². The smallest absolute Gasteiger partial charge is 0.257 e. The Morgan fingerprint density at radius 2 is 1.58 bits per heavy atom. The molecule has 1 unspecified atom stereocenters. The first-order valence-corrected chi connectivity index (χ1v) is 11.0. The van der Waals surface area contributed by atoms with Crippen molar-refractivity contribution >= 4 is 23.4 Å². The van der Waals surface area contributed by atoms with Crippen LogP contribution in [0.2, 0.25) is 0 Å². The second-order valence-electron chi connectivity index (χ2n) is 8.37. The summed E-state index contributed by atoms with van der Waals surface area (Å²) in [6, 6.07) is 13.9. The lowest BCUT2D eigenvalue weighted by molar-refractivity contribution is -0.140. The third kappa shape index (κ3) is 4.68. The van der Waals surface area contributed by atoms with Crippen LogP contribution < -0.4 is 4.90 Å². The van der Waals surface area contributed by atoms with Crippen LogP contribution in [0.4, 0.5) is 10.1 Å². The van der Waals surface area contributed by atoms with Crippen LogP contribution in [0.5, 0.6) is 0 Å². The highest BCUT2D eigenvalue weighted by atomic mass is 19.1. The van der Waals surface area contributed by atoms with Crippen molar-refractivity contribution in [2.75, 3.05) is 4.90 Å². The molecule has 2 aromatic rings. The lowest BCUT2D eigenvalue weighted by atomic mass is 10.0. The van der Waals surface area contributed by atoms with Crippen molar-refractivity contribution in [3.05, 3.63) is 66.0 Å². The average Bonchev–Trinajstić information content (AvgIpc) is 2.93. The molecule has 31 heavy (non-hydrogen) atoms. The molecule has 6 heteroatoms.